The number of hydrogen-bond donors (Lipinski definition) is 0. The minimum absolute atomic E-state index is 0. The number of nitrogens with zero attached hydrogens (tertiary/aromatic N) is 1. The van der Waals surface area contributed by atoms with Gasteiger partial charge in [-0.05, 0) is 44.8 Å². The van der Waals surface area contributed by atoms with Crippen LogP contribution in [0.3, 0.4) is 0 Å². The number of methoxy groups -OCH3 is 1. The smallest absolute Gasteiger partial charge is 0.305 e. The lowest BCUT2D eigenvalue weighted by molar-refractivity contribution is -0.143. The summed E-state index contributed by atoms with van der Waals surface area (Å²) in [5.41, 5.74) is 0.659. The van der Waals surface area contributed by atoms with Gasteiger partial charge in [0.2, 0.25) is 0 Å². The molecule has 162 valence electrons. The van der Waals surface area contributed by atoms with Crippen molar-refractivity contribution in [1.82, 2.24) is 4.98 Å². The van der Waals surface area contributed by atoms with E-state index in [-0.39, 0.29) is 30.1 Å². The molecule has 0 radical (unpaired) electrons. The third kappa shape index (κ3) is 8.86. The minimum atomic E-state index is -0.181. The lowest BCUT2D eigenvalue weighted by Gasteiger charge is -2.18. The van der Waals surface area contributed by atoms with Crippen molar-refractivity contribution in [1.29, 1.82) is 0 Å². The van der Waals surface area contributed by atoms with Crippen molar-refractivity contribution < 1.29 is 23.8 Å². The van der Waals surface area contributed by atoms with Crippen LogP contribution in [0, 0.1) is 5.92 Å². The average molecular weight is 426 g/mol. The Morgan fingerprint density at radius 1 is 1.17 bits per heavy atom. The molecule has 6 nitrogen and oxygen atoms in total. The molecule has 1 aromatic rings. The van der Waals surface area contributed by atoms with Gasteiger partial charge in [0, 0.05) is 18.4 Å². The first-order chi connectivity index (χ1) is 13.6. The Kier molecular flexibility index (Phi) is 12.0. The summed E-state index contributed by atoms with van der Waals surface area (Å²) in [5, 5.41) is 0. The molecule has 0 unspecified atom stereocenters. The van der Waals surface area contributed by atoms with Gasteiger partial charge in [0.1, 0.15) is 0 Å². The van der Waals surface area contributed by atoms with Crippen LogP contribution in [0.15, 0.2) is 18.3 Å². The molecular formula is C22H32ClNO5. The molecule has 0 aliphatic heterocycles. The van der Waals surface area contributed by atoms with Crippen LogP contribution in [0.1, 0.15) is 64.0 Å². The maximum absolute atomic E-state index is 12.3. The molecule has 0 bridgehead atoms. The summed E-state index contributed by atoms with van der Waals surface area (Å²) in [6.45, 7) is 2.67. The van der Waals surface area contributed by atoms with Gasteiger partial charge in [-0.3, -0.25) is 14.6 Å². The number of allylic oxidation sites excluding steroid dienone is 1. The first kappa shape index (κ1) is 25.0. The number of pyridine rings is 1. The molecule has 0 spiro atoms. The zero-order valence-corrected chi connectivity index (χ0v) is 18.2. The average Bonchev–Trinajstić information content (AvgIpc) is 2.72. The van der Waals surface area contributed by atoms with E-state index < -0.39 is 0 Å². The van der Waals surface area contributed by atoms with Gasteiger partial charge in [0.15, 0.2) is 17.3 Å². The Labute approximate surface area is 179 Å². The van der Waals surface area contributed by atoms with Crippen molar-refractivity contribution in [2.45, 2.75) is 58.3 Å². The summed E-state index contributed by atoms with van der Waals surface area (Å²) in [5.74, 6) is 1.27. The molecule has 0 atom stereocenters. The summed E-state index contributed by atoms with van der Waals surface area (Å²) in [7, 11) is 1.56. The highest BCUT2D eigenvalue weighted by Crippen LogP contribution is 2.28. The van der Waals surface area contributed by atoms with Crippen molar-refractivity contribution in [3.05, 3.63) is 24.0 Å². The van der Waals surface area contributed by atoms with E-state index in [0.717, 1.165) is 32.1 Å². The van der Waals surface area contributed by atoms with Crippen LogP contribution < -0.4 is 9.47 Å². The fraction of sp³-hybridized carbons (Fsp3) is 0.591. The topological polar surface area (TPSA) is 74.7 Å². The Balaban J connectivity index is 0.00000420. The summed E-state index contributed by atoms with van der Waals surface area (Å²) < 4.78 is 16.0. The molecule has 29 heavy (non-hydrogen) atoms. The minimum Gasteiger partial charge on any atom is -0.491 e. The van der Waals surface area contributed by atoms with Crippen LogP contribution in [0.5, 0.6) is 11.5 Å². The molecule has 2 rings (SSSR count). The molecule has 0 aromatic carbocycles. The zero-order chi connectivity index (χ0) is 20.2. The molecular weight excluding hydrogens is 394 g/mol. The van der Waals surface area contributed by atoms with Crippen molar-refractivity contribution in [3.8, 4) is 11.5 Å². The highest BCUT2D eigenvalue weighted by molar-refractivity contribution is 5.95. The largest absolute Gasteiger partial charge is 0.491 e. The SMILES string of the molecule is CCOC(=O)CCCCOc1cc(/C=C/C(=O)C2CCCCC2)ncc1OC.Cl. The summed E-state index contributed by atoms with van der Waals surface area (Å²) in [6, 6.07) is 1.77. The van der Waals surface area contributed by atoms with E-state index in [1.54, 1.807) is 38.4 Å². The van der Waals surface area contributed by atoms with E-state index in [4.69, 9.17) is 14.2 Å². The van der Waals surface area contributed by atoms with Crippen molar-refractivity contribution in [2.24, 2.45) is 5.92 Å². The number of rotatable bonds is 11. The van der Waals surface area contributed by atoms with E-state index in [2.05, 4.69) is 4.98 Å². The van der Waals surface area contributed by atoms with Crippen molar-refractivity contribution in [2.75, 3.05) is 20.3 Å². The van der Waals surface area contributed by atoms with Crippen LogP contribution in [-0.2, 0) is 14.3 Å². The number of unbranched alkanes of at least 4 members (excludes halogenated alkanes) is 1. The molecule has 0 amide bonds. The highest BCUT2D eigenvalue weighted by atomic mass is 35.5. The van der Waals surface area contributed by atoms with Crippen LogP contribution >= 0.6 is 12.4 Å². The molecule has 1 aliphatic carbocycles. The predicted octanol–water partition coefficient (Wildman–Crippen LogP) is 4.79. The standard InChI is InChI=1S/C22H31NO5.ClH/c1-3-27-22(25)11-7-8-14-28-20-15-18(23-16-21(20)26-2)12-13-19(24)17-9-5-4-6-10-17;/h12-13,15-17H,3-11,14H2,1-2H3;1H/b13-12+;. The van der Waals surface area contributed by atoms with Crippen molar-refractivity contribution >= 4 is 30.2 Å². The normalized spacial score (nSPS) is 14.3. The second kappa shape index (κ2) is 14.0. The lowest BCUT2D eigenvalue weighted by atomic mass is 9.86. The van der Waals surface area contributed by atoms with Crippen LogP contribution in [0.4, 0.5) is 0 Å². The fourth-order valence-corrected chi connectivity index (χ4v) is 3.27. The molecule has 1 heterocycles. The monoisotopic (exact) mass is 425 g/mol. The number of ether oxygens (including phenoxy) is 3. The maximum Gasteiger partial charge on any atom is 0.305 e. The number of ketones is 1. The molecule has 0 N–H and O–H groups in total. The van der Waals surface area contributed by atoms with Crippen LogP contribution in [-0.4, -0.2) is 37.1 Å². The quantitative estimate of drug-likeness (QED) is 0.288. The van der Waals surface area contributed by atoms with Gasteiger partial charge in [-0.25, -0.2) is 0 Å². The molecule has 7 heteroatoms. The van der Waals surface area contributed by atoms with Crippen LogP contribution in [0.25, 0.3) is 6.08 Å². The van der Waals surface area contributed by atoms with Gasteiger partial charge in [0.25, 0.3) is 0 Å². The number of halogens is 1. The Bertz CT molecular complexity index is 671. The summed E-state index contributed by atoms with van der Waals surface area (Å²) in [4.78, 5) is 28.0. The van der Waals surface area contributed by atoms with Gasteiger partial charge in [-0.2, -0.15) is 0 Å². The van der Waals surface area contributed by atoms with E-state index >= 15 is 0 Å². The van der Waals surface area contributed by atoms with E-state index in [1.165, 1.54) is 6.42 Å². The number of esters is 1. The number of carbonyl (C=O) groups excluding carboxylic acids is 2. The summed E-state index contributed by atoms with van der Waals surface area (Å²) in [6.07, 6.45) is 12.3. The first-order valence-corrected chi connectivity index (χ1v) is 10.2. The van der Waals surface area contributed by atoms with E-state index in [9.17, 15) is 9.59 Å². The van der Waals surface area contributed by atoms with Gasteiger partial charge in [0.05, 0.1) is 32.2 Å². The maximum atomic E-state index is 12.3. The molecule has 1 saturated carbocycles. The molecule has 1 aromatic heterocycles. The fourth-order valence-electron chi connectivity index (χ4n) is 3.27. The zero-order valence-electron chi connectivity index (χ0n) is 17.4. The second-order valence-corrected chi connectivity index (χ2v) is 6.94. The number of aromatic nitrogens is 1. The molecule has 1 aliphatic rings. The van der Waals surface area contributed by atoms with Crippen molar-refractivity contribution in [3.63, 3.8) is 0 Å². The van der Waals surface area contributed by atoms with E-state index in [1.807, 2.05) is 0 Å². The second-order valence-electron chi connectivity index (χ2n) is 6.94. The van der Waals surface area contributed by atoms with Crippen LogP contribution in [0.2, 0.25) is 0 Å². The molecule has 1 fully saturated rings. The molecule has 0 saturated heterocycles. The Morgan fingerprint density at radius 3 is 2.62 bits per heavy atom. The Morgan fingerprint density at radius 2 is 1.93 bits per heavy atom. The Hall–Kier alpha value is -2.08. The predicted molar refractivity (Wildman–Crippen MR) is 115 cm³/mol. The number of carbonyl (C=O) groups is 2. The van der Waals surface area contributed by atoms with Gasteiger partial charge in [-0.1, -0.05) is 19.3 Å². The number of hydrogen-bond acceptors (Lipinski definition) is 6. The highest BCUT2D eigenvalue weighted by Gasteiger charge is 2.18. The van der Waals surface area contributed by atoms with Gasteiger partial charge < -0.3 is 14.2 Å². The third-order valence-electron chi connectivity index (χ3n) is 4.84. The third-order valence-corrected chi connectivity index (χ3v) is 4.84. The van der Waals surface area contributed by atoms with E-state index in [0.29, 0.717) is 43.2 Å². The van der Waals surface area contributed by atoms with Gasteiger partial charge in [-0.15, -0.1) is 12.4 Å². The lowest BCUT2D eigenvalue weighted by Crippen LogP contribution is -2.15. The summed E-state index contributed by atoms with van der Waals surface area (Å²) >= 11 is 0. The van der Waals surface area contributed by atoms with Gasteiger partial charge >= 0.3 is 5.97 Å². The first-order valence-electron chi connectivity index (χ1n) is 10.2.